The summed E-state index contributed by atoms with van der Waals surface area (Å²) in [5, 5.41) is 3.35. The summed E-state index contributed by atoms with van der Waals surface area (Å²) in [6, 6.07) is 10.4. The molecule has 1 aromatic carbocycles. The first-order valence-corrected chi connectivity index (χ1v) is 9.77. The highest BCUT2D eigenvalue weighted by molar-refractivity contribution is 14.0. The molecule has 7 heteroatoms. The van der Waals surface area contributed by atoms with E-state index in [-0.39, 0.29) is 29.9 Å². The second-order valence-corrected chi connectivity index (χ2v) is 6.87. The molecule has 1 aliphatic rings. The molecule has 0 bridgehead atoms. The van der Waals surface area contributed by atoms with Gasteiger partial charge in [0.05, 0.1) is 6.54 Å². The van der Waals surface area contributed by atoms with Crippen LogP contribution < -0.4 is 5.32 Å². The monoisotopic (exact) mass is 499 g/mol. The first-order valence-electron chi connectivity index (χ1n) is 9.77. The molecular weight excluding hydrogens is 465 g/mol. The van der Waals surface area contributed by atoms with Crippen molar-refractivity contribution in [1.29, 1.82) is 0 Å². The lowest BCUT2D eigenvalue weighted by Gasteiger charge is -2.36. The van der Waals surface area contributed by atoms with Gasteiger partial charge in [-0.1, -0.05) is 42.5 Å². The number of aliphatic imine (C=N–C) groups is 1. The number of piperazine rings is 1. The highest BCUT2D eigenvalue weighted by Crippen LogP contribution is 2.05. The minimum absolute atomic E-state index is 0. The van der Waals surface area contributed by atoms with Gasteiger partial charge >= 0.3 is 0 Å². The summed E-state index contributed by atoms with van der Waals surface area (Å²) in [7, 11) is 3.56. The summed E-state index contributed by atoms with van der Waals surface area (Å²) in [5.41, 5.74) is 1.24. The number of nitrogens with zero attached hydrogens (tertiary/aromatic N) is 4. The Balaban J connectivity index is 0.00000392. The molecule has 28 heavy (non-hydrogen) atoms. The Hall–Kier alpha value is -1.61. The number of amides is 1. The maximum absolute atomic E-state index is 11.7. The minimum Gasteiger partial charge on any atom is -0.357 e. The molecule has 1 aromatic rings. The van der Waals surface area contributed by atoms with Crippen LogP contribution in [-0.4, -0.2) is 86.5 Å². The second kappa shape index (κ2) is 13.5. The predicted octanol–water partition coefficient (Wildman–Crippen LogP) is 2.38. The largest absolute Gasteiger partial charge is 0.357 e. The van der Waals surface area contributed by atoms with Crippen LogP contribution in [0.25, 0.3) is 6.08 Å². The lowest BCUT2D eigenvalue weighted by atomic mass is 10.2. The molecule has 2 rings (SSSR count). The Labute approximate surface area is 186 Å². The number of carbonyl (C=O) groups is 1. The standard InChI is InChI=1S/C21H33N5O.HI/c1-4-22-21(23-13-12-20(27)24(2)3)26-17-15-25(16-18-26)14-8-11-19-9-6-5-7-10-19;/h5-11H,4,12-18H2,1-3H3,(H,22,23);1H. The quantitative estimate of drug-likeness (QED) is 0.356. The molecule has 0 saturated carbocycles. The van der Waals surface area contributed by atoms with Crippen molar-refractivity contribution in [3.8, 4) is 0 Å². The SMILES string of the molecule is CCNC(=NCCC(=O)N(C)C)N1CCN(CC=Cc2ccccc2)CC1.I. The zero-order valence-corrected chi connectivity index (χ0v) is 19.6. The van der Waals surface area contributed by atoms with Gasteiger partial charge in [-0.15, -0.1) is 24.0 Å². The molecule has 0 spiro atoms. The van der Waals surface area contributed by atoms with Crippen LogP contribution in [0, 0.1) is 0 Å². The average molecular weight is 499 g/mol. The van der Waals surface area contributed by atoms with E-state index in [0.717, 1.165) is 45.2 Å². The van der Waals surface area contributed by atoms with Crippen molar-refractivity contribution in [2.24, 2.45) is 4.99 Å². The van der Waals surface area contributed by atoms with Crippen molar-refractivity contribution in [3.63, 3.8) is 0 Å². The van der Waals surface area contributed by atoms with E-state index in [1.165, 1.54) is 5.56 Å². The third-order valence-electron chi connectivity index (χ3n) is 4.57. The van der Waals surface area contributed by atoms with Crippen LogP contribution in [0.15, 0.2) is 41.4 Å². The summed E-state index contributed by atoms with van der Waals surface area (Å²) in [5.74, 6) is 1.04. The Morgan fingerprint density at radius 1 is 1.18 bits per heavy atom. The van der Waals surface area contributed by atoms with Crippen LogP contribution in [0.3, 0.4) is 0 Å². The fourth-order valence-electron chi connectivity index (χ4n) is 2.95. The Bertz CT molecular complexity index is 625. The Morgan fingerprint density at radius 3 is 2.46 bits per heavy atom. The van der Waals surface area contributed by atoms with E-state index in [0.29, 0.717) is 13.0 Å². The van der Waals surface area contributed by atoms with Crippen molar-refractivity contribution < 1.29 is 4.79 Å². The van der Waals surface area contributed by atoms with Crippen molar-refractivity contribution >= 4 is 41.9 Å². The molecule has 1 fully saturated rings. The predicted molar refractivity (Wildman–Crippen MR) is 128 cm³/mol. The van der Waals surface area contributed by atoms with Crippen LogP contribution in [0.4, 0.5) is 0 Å². The topological polar surface area (TPSA) is 51.2 Å². The van der Waals surface area contributed by atoms with Gasteiger partial charge in [0.15, 0.2) is 5.96 Å². The highest BCUT2D eigenvalue weighted by atomic mass is 127. The molecule has 1 heterocycles. The normalized spacial score (nSPS) is 15.4. The van der Waals surface area contributed by atoms with Gasteiger partial charge in [-0.25, -0.2) is 0 Å². The smallest absolute Gasteiger partial charge is 0.223 e. The summed E-state index contributed by atoms with van der Waals surface area (Å²) < 4.78 is 0. The second-order valence-electron chi connectivity index (χ2n) is 6.87. The van der Waals surface area contributed by atoms with Crippen molar-refractivity contribution in [2.75, 3.05) is 59.9 Å². The van der Waals surface area contributed by atoms with E-state index >= 15 is 0 Å². The maximum atomic E-state index is 11.7. The van der Waals surface area contributed by atoms with Crippen LogP contribution in [0.2, 0.25) is 0 Å². The summed E-state index contributed by atoms with van der Waals surface area (Å²) in [4.78, 5) is 22.7. The van der Waals surface area contributed by atoms with Gasteiger partial charge in [-0.2, -0.15) is 0 Å². The van der Waals surface area contributed by atoms with Crippen molar-refractivity contribution in [2.45, 2.75) is 13.3 Å². The molecule has 1 saturated heterocycles. The van der Waals surface area contributed by atoms with Gasteiger partial charge in [0.25, 0.3) is 0 Å². The molecule has 0 radical (unpaired) electrons. The highest BCUT2D eigenvalue weighted by Gasteiger charge is 2.18. The molecule has 1 aliphatic heterocycles. The lowest BCUT2D eigenvalue weighted by molar-refractivity contribution is -0.128. The average Bonchev–Trinajstić information content (AvgIpc) is 2.68. The fraction of sp³-hybridized carbons (Fsp3) is 0.524. The number of rotatable bonds is 7. The summed E-state index contributed by atoms with van der Waals surface area (Å²) >= 11 is 0. The summed E-state index contributed by atoms with van der Waals surface area (Å²) in [6.45, 7) is 8.33. The van der Waals surface area contributed by atoms with Gasteiger partial charge in [-0.05, 0) is 12.5 Å². The first-order chi connectivity index (χ1) is 13.1. The number of carbonyl (C=O) groups excluding carboxylic acids is 1. The number of nitrogens with one attached hydrogen (secondary N) is 1. The minimum atomic E-state index is 0. The molecular formula is C21H34IN5O. The van der Waals surface area contributed by atoms with Gasteiger partial charge in [0.2, 0.25) is 5.91 Å². The van der Waals surface area contributed by atoms with Gasteiger partial charge < -0.3 is 15.1 Å². The number of hydrogen-bond donors (Lipinski definition) is 1. The Morgan fingerprint density at radius 2 is 1.86 bits per heavy atom. The van der Waals surface area contributed by atoms with Gasteiger partial charge in [-0.3, -0.25) is 14.7 Å². The van der Waals surface area contributed by atoms with E-state index in [9.17, 15) is 4.79 Å². The van der Waals surface area contributed by atoms with Gasteiger partial charge in [0, 0.05) is 59.8 Å². The molecule has 1 N–H and O–H groups in total. The van der Waals surface area contributed by atoms with E-state index in [1.807, 2.05) is 6.07 Å². The van der Waals surface area contributed by atoms with E-state index < -0.39 is 0 Å². The molecule has 0 atom stereocenters. The van der Waals surface area contributed by atoms with Crippen LogP contribution in [0.1, 0.15) is 18.9 Å². The lowest BCUT2D eigenvalue weighted by Crippen LogP contribution is -2.52. The van der Waals surface area contributed by atoms with Crippen LogP contribution >= 0.6 is 24.0 Å². The number of halogens is 1. The van der Waals surface area contributed by atoms with Crippen molar-refractivity contribution in [3.05, 3.63) is 42.0 Å². The van der Waals surface area contributed by atoms with E-state index in [2.05, 4.69) is 63.5 Å². The number of hydrogen-bond acceptors (Lipinski definition) is 3. The van der Waals surface area contributed by atoms with Crippen LogP contribution in [-0.2, 0) is 4.79 Å². The molecule has 1 amide bonds. The zero-order chi connectivity index (χ0) is 19.5. The molecule has 156 valence electrons. The summed E-state index contributed by atoms with van der Waals surface area (Å²) in [6.07, 6.45) is 4.86. The molecule has 0 aliphatic carbocycles. The first kappa shape index (κ1) is 24.4. The molecule has 0 unspecified atom stereocenters. The fourth-order valence-corrected chi connectivity index (χ4v) is 2.95. The maximum Gasteiger partial charge on any atom is 0.223 e. The van der Waals surface area contributed by atoms with Gasteiger partial charge in [0.1, 0.15) is 0 Å². The Kier molecular flexibility index (Phi) is 11.8. The number of benzene rings is 1. The van der Waals surface area contributed by atoms with Crippen LogP contribution in [0.5, 0.6) is 0 Å². The van der Waals surface area contributed by atoms with Crippen molar-refractivity contribution in [1.82, 2.24) is 20.0 Å². The molecule has 6 nitrogen and oxygen atoms in total. The molecule has 0 aromatic heterocycles. The van der Waals surface area contributed by atoms with E-state index in [1.54, 1.807) is 19.0 Å². The zero-order valence-electron chi connectivity index (χ0n) is 17.3. The third kappa shape index (κ3) is 8.60. The van der Waals surface area contributed by atoms with E-state index in [4.69, 9.17) is 0 Å². The third-order valence-corrected chi connectivity index (χ3v) is 4.57. The number of guanidine groups is 1.